The van der Waals surface area contributed by atoms with Crippen molar-refractivity contribution in [1.82, 2.24) is 5.32 Å². The molecule has 1 atom stereocenters. The van der Waals surface area contributed by atoms with Gasteiger partial charge in [-0.3, -0.25) is 4.79 Å². The van der Waals surface area contributed by atoms with Crippen molar-refractivity contribution >= 4 is 39.6 Å². The summed E-state index contributed by atoms with van der Waals surface area (Å²) < 4.78 is 26.2. The number of hydrogen-bond acceptors (Lipinski definition) is 3. The minimum atomic E-state index is -1.69. The van der Waals surface area contributed by atoms with Crippen molar-refractivity contribution in [2.24, 2.45) is 0 Å². The molecule has 1 unspecified atom stereocenters. The van der Waals surface area contributed by atoms with Gasteiger partial charge in [0.05, 0.1) is 12.1 Å². The predicted molar refractivity (Wildman–Crippen MR) is 69.9 cm³/mol. The highest BCUT2D eigenvalue weighted by atomic mass is 79.9. The average molecular weight is 367 g/mol. The third kappa shape index (κ3) is 4.99. The molecule has 0 heterocycles. The number of halogens is 3. The van der Waals surface area contributed by atoms with Crippen LogP contribution in [-0.2, 0) is 9.59 Å². The molecule has 1 aromatic rings. The maximum Gasteiger partial charge on any atom is 0.326 e. The fraction of sp³-hybridized carbons (Fsp3) is 0.182. The summed E-state index contributed by atoms with van der Waals surface area (Å²) in [6, 6.07) is -1.42. The Morgan fingerprint density at radius 1 is 1.24 bits per heavy atom. The topological polar surface area (TPSA) is 116 Å². The van der Waals surface area contributed by atoms with Gasteiger partial charge in [-0.25, -0.2) is 18.4 Å². The van der Waals surface area contributed by atoms with E-state index < -0.39 is 47.8 Å². The molecule has 0 aromatic heterocycles. The van der Waals surface area contributed by atoms with Crippen molar-refractivity contribution in [1.29, 1.82) is 0 Å². The van der Waals surface area contributed by atoms with Crippen molar-refractivity contribution in [2.45, 2.75) is 12.5 Å². The van der Waals surface area contributed by atoms with Crippen molar-refractivity contribution in [3.63, 3.8) is 0 Å². The van der Waals surface area contributed by atoms with Gasteiger partial charge >= 0.3 is 18.0 Å². The Hall–Kier alpha value is -2.23. The predicted octanol–water partition coefficient (Wildman–Crippen LogP) is 1.78. The molecule has 21 heavy (non-hydrogen) atoms. The number of carboxylic acids is 2. The summed E-state index contributed by atoms with van der Waals surface area (Å²) >= 11 is 2.83. The maximum absolute atomic E-state index is 13.5. The first kappa shape index (κ1) is 16.8. The highest BCUT2D eigenvalue weighted by Gasteiger charge is 2.23. The van der Waals surface area contributed by atoms with E-state index in [4.69, 9.17) is 10.2 Å². The first-order chi connectivity index (χ1) is 9.70. The fourth-order valence-corrected chi connectivity index (χ4v) is 1.85. The number of carbonyl (C=O) groups is 3. The molecule has 1 rings (SSSR count). The van der Waals surface area contributed by atoms with E-state index in [9.17, 15) is 23.2 Å². The van der Waals surface area contributed by atoms with Gasteiger partial charge in [-0.15, -0.1) is 0 Å². The van der Waals surface area contributed by atoms with Crippen LogP contribution in [0, 0.1) is 11.6 Å². The van der Waals surface area contributed by atoms with Gasteiger partial charge in [0.1, 0.15) is 11.9 Å². The molecule has 0 bridgehead atoms. The minimum absolute atomic E-state index is 0.0970. The van der Waals surface area contributed by atoms with Gasteiger partial charge in [-0.2, -0.15) is 0 Å². The normalized spacial score (nSPS) is 11.6. The van der Waals surface area contributed by atoms with Crippen LogP contribution in [0.1, 0.15) is 6.42 Å². The van der Waals surface area contributed by atoms with Crippen LogP contribution in [-0.4, -0.2) is 34.2 Å². The van der Waals surface area contributed by atoms with Crippen molar-refractivity contribution < 1.29 is 33.4 Å². The summed E-state index contributed by atoms with van der Waals surface area (Å²) in [5, 5.41) is 21.1. The zero-order chi connectivity index (χ0) is 16.2. The van der Waals surface area contributed by atoms with E-state index in [1.54, 1.807) is 0 Å². The molecule has 1 aromatic carbocycles. The lowest BCUT2D eigenvalue weighted by molar-refractivity contribution is -0.145. The monoisotopic (exact) mass is 366 g/mol. The summed E-state index contributed by atoms with van der Waals surface area (Å²) in [4.78, 5) is 32.8. The van der Waals surface area contributed by atoms with Crippen molar-refractivity contribution in [2.75, 3.05) is 5.32 Å². The summed E-state index contributed by atoms with van der Waals surface area (Å²) in [6.07, 6.45) is -0.851. The van der Waals surface area contributed by atoms with Crippen molar-refractivity contribution in [3.8, 4) is 0 Å². The Morgan fingerprint density at radius 2 is 1.86 bits per heavy atom. The molecule has 0 fully saturated rings. The highest BCUT2D eigenvalue weighted by Crippen LogP contribution is 2.26. The maximum atomic E-state index is 13.5. The molecule has 0 saturated carbocycles. The summed E-state index contributed by atoms with van der Waals surface area (Å²) in [5.41, 5.74) is -0.409. The Bertz CT molecular complexity index is 573. The largest absolute Gasteiger partial charge is 0.481 e. The van der Waals surface area contributed by atoms with E-state index in [0.29, 0.717) is 6.07 Å². The third-order valence-electron chi connectivity index (χ3n) is 2.23. The first-order valence-electron chi connectivity index (χ1n) is 5.37. The minimum Gasteiger partial charge on any atom is -0.481 e. The average Bonchev–Trinajstić information content (AvgIpc) is 2.32. The Balaban J connectivity index is 2.82. The van der Waals surface area contributed by atoms with E-state index in [1.807, 2.05) is 10.6 Å². The van der Waals surface area contributed by atoms with Crippen LogP contribution in [0.25, 0.3) is 0 Å². The zero-order valence-corrected chi connectivity index (χ0v) is 11.8. The third-order valence-corrected chi connectivity index (χ3v) is 2.85. The number of anilines is 1. The molecular formula is C11H9BrF2N2O5. The number of amides is 2. The van der Waals surface area contributed by atoms with E-state index >= 15 is 0 Å². The van der Waals surface area contributed by atoms with E-state index in [-0.39, 0.29) is 4.47 Å². The molecule has 0 aliphatic carbocycles. The van der Waals surface area contributed by atoms with Crippen LogP contribution in [0.5, 0.6) is 0 Å². The van der Waals surface area contributed by atoms with Gasteiger partial charge in [-0.05, 0) is 22.0 Å². The molecule has 0 saturated heterocycles. The second-order valence-electron chi connectivity index (χ2n) is 3.83. The molecule has 2 amide bonds. The Labute approximate surface area is 125 Å². The SMILES string of the molecule is O=C(O)CC(NC(=O)Nc1c(F)cc(F)cc1Br)C(=O)O. The van der Waals surface area contributed by atoms with Crippen LogP contribution in [0.3, 0.4) is 0 Å². The Morgan fingerprint density at radius 3 is 2.33 bits per heavy atom. The standard InChI is InChI=1S/C11H9BrF2N2O5/c12-5-1-4(13)2-6(14)9(5)16-11(21)15-7(10(19)20)3-8(17)18/h1-2,7H,3H2,(H,17,18)(H,19,20)(H2,15,16,21). The zero-order valence-electron chi connectivity index (χ0n) is 10.2. The second kappa shape index (κ2) is 6.97. The van der Waals surface area contributed by atoms with Crippen molar-refractivity contribution in [3.05, 3.63) is 28.2 Å². The van der Waals surface area contributed by atoms with Gasteiger partial charge in [0, 0.05) is 10.5 Å². The molecule has 7 nitrogen and oxygen atoms in total. The first-order valence-corrected chi connectivity index (χ1v) is 6.16. The number of carbonyl (C=O) groups excluding carboxylic acids is 1. The lowest BCUT2D eigenvalue weighted by Gasteiger charge is -2.14. The number of urea groups is 1. The van der Waals surface area contributed by atoms with E-state index in [2.05, 4.69) is 15.9 Å². The molecule has 0 aliphatic rings. The number of benzene rings is 1. The number of hydrogen-bond donors (Lipinski definition) is 4. The van der Waals surface area contributed by atoms with Gasteiger partial charge in [-0.1, -0.05) is 0 Å². The summed E-state index contributed by atoms with van der Waals surface area (Å²) in [5.74, 6) is -4.95. The fourth-order valence-electron chi connectivity index (χ4n) is 1.34. The Kier molecular flexibility index (Phi) is 5.59. The van der Waals surface area contributed by atoms with Crippen LogP contribution < -0.4 is 10.6 Å². The molecule has 10 heteroatoms. The van der Waals surface area contributed by atoms with Gasteiger partial charge in [0.15, 0.2) is 5.82 Å². The molecule has 0 spiro atoms. The molecular weight excluding hydrogens is 358 g/mol. The quantitative estimate of drug-likeness (QED) is 0.633. The van der Waals surface area contributed by atoms with Gasteiger partial charge in [0.25, 0.3) is 0 Å². The lowest BCUT2D eigenvalue weighted by atomic mass is 10.2. The van der Waals surface area contributed by atoms with E-state index in [1.165, 1.54) is 0 Å². The molecule has 4 N–H and O–H groups in total. The van der Waals surface area contributed by atoms with Gasteiger partial charge < -0.3 is 20.8 Å². The van der Waals surface area contributed by atoms with Gasteiger partial charge in [0.2, 0.25) is 0 Å². The number of nitrogens with one attached hydrogen (secondary N) is 2. The second-order valence-corrected chi connectivity index (χ2v) is 4.69. The van der Waals surface area contributed by atoms with E-state index in [0.717, 1.165) is 6.07 Å². The van der Waals surface area contributed by atoms with Crippen LogP contribution in [0.15, 0.2) is 16.6 Å². The number of aliphatic carboxylic acids is 2. The summed E-state index contributed by atoms with van der Waals surface area (Å²) in [6.45, 7) is 0. The number of carboxylic acid groups (broad SMARTS) is 2. The van der Waals surface area contributed by atoms with Crippen LogP contribution in [0.4, 0.5) is 19.3 Å². The van der Waals surface area contributed by atoms with Crippen LogP contribution in [0.2, 0.25) is 0 Å². The molecule has 0 radical (unpaired) electrons. The summed E-state index contributed by atoms with van der Waals surface area (Å²) in [7, 11) is 0. The molecule has 114 valence electrons. The smallest absolute Gasteiger partial charge is 0.326 e. The molecule has 0 aliphatic heterocycles. The van der Waals surface area contributed by atoms with Crippen LogP contribution >= 0.6 is 15.9 Å². The highest BCUT2D eigenvalue weighted by molar-refractivity contribution is 9.10. The lowest BCUT2D eigenvalue weighted by Crippen LogP contribution is -2.44. The number of rotatable bonds is 5.